The predicted molar refractivity (Wildman–Crippen MR) is 77.9 cm³/mol. The van der Waals surface area contributed by atoms with Crippen molar-refractivity contribution in [2.75, 3.05) is 0 Å². The van der Waals surface area contributed by atoms with E-state index in [0.29, 0.717) is 6.04 Å². The van der Waals surface area contributed by atoms with Gasteiger partial charge in [0.2, 0.25) is 0 Å². The topological polar surface area (TPSA) is 12.0 Å². The minimum absolute atomic E-state index is 0.0500. The van der Waals surface area contributed by atoms with Crippen LogP contribution in [0.5, 0.6) is 0 Å². The molecule has 0 bridgehead atoms. The van der Waals surface area contributed by atoms with Gasteiger partial charge < -0.3 is 5.32 Å². The molecule has 3 heteroatoms. The highest BCUT2D eigenvalue weighted by molar-refractivity contribution is 7.10. The Bertz CT molecular complexity index is 550. The van der Waals surface area contributed by atoms with Crippen LogP contribution in [0.2, 0.25) is 0 Å². The average molecular weight is 275 g/mol. The summed E-state index contributed by atoms with van der Waals surface area (Å²) in [6, 6.07) is 10.4. The molecular weight excluding hydrogens is 257 g/mol. The van der Waals surface area contributed by atoms with Crippen molar-refractivity contribution in [3.8, 4) is 0 Å². The van der Waals surface area contributed by atoms with E-state index in [0.717, 1.165) is 30.4 Å². The van der Waals surface area contributed by atoms with Gasteiger partial charge in [-0.1, -0.05) is 25.1 Å². The fourth-order valence-electron chi connectivity index (χ4n) is 2.92. The Morgan fingerprint density at radius 2 is 2.26 bits per heavy atom. The molecular formula is C16H18FNS. The fraction of sp³-hybridized carbons (Fsp3) is 0.375. The second-order valence-corrected chi connectivity index (χ2v) is 6.02. The number of rotatable bonds is 4. The zero-order chi connectivity index (χ0) is 13.2. The lowest BCUT2D eigenvalue weighted by atomic mass is 10.1. The lowest BCUT2D eigenvalue weighted by Crippen LogP contribution is -2.24. The van der Waals surface area contributed by atoms with Crippen LogP contribution in [0.1, 0.15) is 47.9 Å². The molecule has 0 spiro atoms. The zero-order valence-electron chi connectivity index (χ0n) is 11.0. The molecule has 3 rings (SSSR count). The van der Waals surface area contributed by atoms with Crippen LogP contribution in [-0.4, -0.2) is 0 Å². The highest BCUT2D eigenvalue weighted by Gasteiger charge is 2.26. The van der Waals surface area contributed by atoms with E-state index in [1.807, 2.05) is 6.07 Å². The summed E-state index contributed by atoms with van der Waals surface area (Å²) >= 11 is 1.79. The maximum Gasteiger partial charge on any atom is 0.126 e. The molecule has 2 atom stereocenters. The SMILES string of the molecule is CCC(NC1CCc2c(F)cccc21)c1cccs1. The maximum absolute atomic E-state index is 13.7. The maximum atomic E-state index is 13.7. The van der Waals surface area contributed by atoms with Crippen LogP contribution in [0.3, 0.4) is 0 Å². The molecule has 1 aromatic carbocycles. The number of thiophene rings is 1. The van der Waals surface area contributed by atoms with Gasteiger partial charge in [-0.15, -0.1) is 11.3 Å². The number of benzene rings is 1. The lowest BCUT2D eigenvalue weighted by molar-refractivity contribution is 0.438. The average Bonchev–Trinajstić information content (AvgIpc) is 3.06. The van der Waals surface area contributed by atoms with Crippen molar-refractivity contribution < 1.29 is 4.39 Å². The molecule has 0 saturated heterocycles. The molecule has 1 nitrogen and oxygen atoms in total. The van der Waals surface area contributed by atoms with Crippen LogP contribution in [0, 0.1) is 5.82 Å². The first-order valence-electron chi connectivity index (χ1n) is 6.86. The summed E-state index contributed by atoms with van der Waals surface area (Å²) in [4.78, 5) is 1.37. The van der Waals surface area contributed by atoms with E-state index in [1.165, 1.54) is 4.88 Å². The van der Waals surface area contributed by atoms with E-state index < -0.39 is 0 Å². The van der Waals surface area contributed by atoms with Gasteiger partial charge in [-0.25, -0.2) is 4.39 Å². The van der Waals surface area contributed by atoms with Crippen molar-refractivity contribution in [2.24, 2.45) is 0 Å². The summed E-state index contributed by atoms with van der Waals surface area (Å²) in [5, 5.41) is 5.81. The minimum atomic E-state index is -0.0500. The van der Waals surface area contributed by atoms with Crippen LogP contribution in [-0.2, 0) is 6.42 Å². The van der Waals surface area contributed by atoms with Gasteiger partial charge in [-0.05, 0) is 47.9 Å². The molecule has 0 amide bonds. The molecule has 1 heterocycles. The highest BCUT2D eigenvalue weighted by Crippen LogP contribution is 2.35. The molecule has 1 aliphatic rings. The third-order valence-corrected chi connectivity index (χ3v) is 4.90. The first-order valence-corrected chi connectivity index (χ1v) is 7.74. The summed E-state index contributed by atoms with van der Waals surface area (Å²) in [6.07, 6.45) is 2.90. The van der Waals surface area contributed by atoms with Crippen molar-refractivity contribution in [3.05, 3.63) is 57.5 Å². The van der Waals surface area contributed by atoms with Crippen LogP contribution < -0.4 is 5.32 Å². The summed E-state index contributed by atoms with van der Waals surface area (Å²) in [5.74, 6) is -0.0500. The van der Waals surface area contributed by atoms with Gasteiger partial charge in [0.15, 0.2) is 0 Å². The molecule has 0 aliphatic heterocycles. The quantitative estimate of drug-likeness (QED) is 0.858. The minimum Gasteiger partial charge on any atom is -0.302 e. The molecule has 0 saturated carbocycles. The Balaban J connectivity index is 1.81. The summed E-state index contributed by atoms with van der Waals surface area (Å²) in [6.45, 7) is 2.19. The highest BCUT2D eigenvalue weighted by atomic mass is 32.1. The standard InChI is InChI=1S/C16H18FNS/c1-2-14(16-7-4-10-19-16)18-15-9-8-11-12(15)5-3-6-13(11)17/h3-7,10,14-15,18H,2,8-9H2,1H3. The number of halogens is 1. The molecule has 0 radical (unpaired) electrons. The predicted octanol–water partition coefficient (Wildman–Crippen LogP) is 4.62. The molecule has 1 aliphatic carbocycles. The molecule has 1 aromatic heterocycles. The van der Waals surface area contributed by atoms with Crippen molar-refractivity contribution in [1.82, 2.24) is 5.32 Å². The van der Waals surface area contributed by atoms with Crippen LogP contribution in [0.25, 0.3) is 0 Å². The Morgan fingerprint density at radius 1 is 1.37 bits per heavy atom. The first-order chi connectivity index (χ1) is 9.29. The van der Waals surface area contributed by atoms with Crippen molar-refractivity contribution >= 4 is 11.3 Å². The molecule has 19 heavy (non-hydrogen) atoms. The molecule has 2 aromatic rings. The van der Waals surface area contributed by atoms with Crippen molar-refractivity contribution in [3.63, 3.8) is 0 Å². The van der Waals surface area contributed by atoms with Crippen molar-refractivity contribution in [1.29, 1.82) is 0 Å². The molecule has 1 N–H and O–H groups in total. The number of nitrogens with one attached hydrogen (secondary N) is 1. The Morgan fingerprint density at radius 3 is 3.00 bits per heavy atom. The van der Waals surface area contributed by atoms with E-state index in [-0.39, 0.29) is 11.9 Å². The van der Waals surface area contributed by atoms with Gasteiger partial charge in [-0.2, -0.15) is 0 Å². The largest absolute Gasteiger partial charge is 0.302 e. The number of hydrogen-bond acceptors (Lipinski definition) is 2. The van der Waals surface area contributed by atoms with Crippen molar-refractivity contribution in [2.45, 2.75) is 38.3 Å². The third-order valence-electron chi connectivity index (χ3n) is 3.91. The van der Waals surface area contributed by atoms with E-state index in [4.69, 9.17) is 0 Å². The third kappa shape index (κ3) is 2.45. The summed E-state index contributed by atoms with van der Waals surface area (Å²) in [7, 11) is 0. The Kier molecular flexibility index (Phi) is 3.67. The van der Waals surface area contributed by atoms with Gasteiger partial charge in [0.25, 0.3) is 0 Å². The van der Waals surface area contributed by atoms with E-state index >= 15 is 0 Å². The van der Waals surface area contributed by atoms with Gasteiger partial charge in [-0.3, -0.25) is 0 Å². The van der Waals surface area contributed by atoms with Gasteiger partial charge in [0, 0.05) is 17.0 Å². The summed E-state index contributed by atoms with van der Waals surface area (Å²) in [5.41, 5.74) is 2.05. The van der Waals surface area contributed by atoms with Gasteiger partial charge in [0.1, 0.15) is 5.82 Å². The molecule has 100 valence electrons. The van der Waals surface area contributed by atoms with E-state index in [1.54, 1.807) is 17.4 Å². The number of hydrogen-bond donors (Lipinski definition) is 1. The smallest absolute Gasteiger partial charge is 0.126 e. The fourth-order valence-corrected chi connectivity index (χ4v) is 3.79. The van der Waals surface area contributed by atoms with E-state index in [2.05, 4.69) is 35.8 Å². The van der Waals surface area contributed by atoms with Crippen LogP contribution in [0.15, 0.2) is 35.7 Å². The van der Waals surface area contributed by atoms with E-state index in [9.17, 15) is 4.39 Å². The first kappa shape index (κ1) is 12.8. The Hall–Kier alpha value is -1.19. The van der Waals surface area contributed by atoms with Gasteiger partial charge >= 0.3 is 0 Å². The number of fused-ring (bicyclic) bond motifs is 1. The van der Waals surface area contributed by atoms with Gasteiger partial charge in [0.05, 0.1) is 0 Å². The molecule has 0 fully saturated rings. The lowest BCUT2D eigenvalue weighted by Gasteiger charge is -2.21. The molecule has 2 unspecified atom stereocenters. The van der Waals surface area contributed by atoms with Crippen LogP contribution >= 0.6 is 11.3 Å². The second kappa shape index (κ2) is 5.43. The Labute approximate surface area is 117 Å². The zero-order valence-corrected chi connectivity index (χ0v) is 11.8. The summed E-state index contributed by atoms with van der Waals surface area (Å²) < 4.78 is 13.7. The normalized spacial score (nSPS) is 19.4. The van der Waals surface area contributed by atoms with Crippen LogP contribution in [0.4, 0.5) is 4.39 Å². The second-order valence-electron chi connectivity index (χ2n) is 5.04. The monoisotopic (exact) mass is 275 g/mol.